The van der Waals surface area contributed by atoms with E-state index < -0.39 is 24.5 Å². The molecular formula is C12H14N4O4. The molecule has 0 unspecified atom stereocenters. The van der Waals surface area contributed by atoms with Crippen LogP contribution in [0.1, 0.15) is 21.7 Å². The van der Waals surface area contributed by atoms with Crippen molar-refractivity contribution in [2.24, 2.45) is 0 Å². The number of aryl methyl sites for hydroxylation is 2. The molecule has 2 rings (SSSR count). The van der Waals surface area contributed by atoms with Gasteiger partial charge in [-0.3, -0.25) is 4.79 Å². The molecule has 0 aromatic carbocycles. The fourth-order valence-corrected chi connectivity index (χ4v) is 1.85. The average molecular weight is 278 g/mol. The van der Waals surface area contributed by atoms with Gasteiger partial charge in [-0.15, -0.1) is 0 Å². The van der Waals surface area contributed by atoms with Crippen LogP contribution in [0.25, 0.3) is 5.65 Å². The lowest BCUT2D eigenvalue weighted by Gasteiger charge is -2.10. The number of carbonyl (C=O) groups is 2. The summed E-state index contributed by atoms with van der Waals surface area (Å²) in [6, 6.07) is 0.457. The summed E-state index contributed by atoms with van der Waals surface area (Å²) >= 11 is 0. The summed E-state index contributed by atoms with van der Waals surface area (Å²) in [7, 11) is 0. The summed E-state index contributed by atoms with van der Waals surface area (Å²) in [5.41, 5.74) is 2.04. The zero-order chi connectivity index (χ0) is 14.9. The van der Waals surface area contributed by atoms with Gasteiger partial charge in [0.1, 0.15) is 5.56 Å². The summed E-state index contributed by atoms with van der Waals surface area (Å²) in [5, 5.41) is 24.0. The molecule has 0 saturated heterocycles. The van der Waals surface area contributed by atoms with Gasteiger partial charge in [-0.2, -0.15) is 5.10 Å². The maximum Gasteiger partial charge on any atom is 0.328 e. The van der Waals surface area contributed by atoms with Gasteiger partial charge in [-0.1, -0.05) is 0 Å². The third-order valence-electron chi connectivity index (χ3n) is 2.81. The van der Waals surface area contributed by atoms with Crippen molar-refractivity contribution in [1.82, 2.24) is 19.9 Å². The normalized spacial score (nSPS) is 12.3. The summed E-state index contributed by atoms with van der Waals surface area (Å²) in [4.78, 5) is 27.1. The van der Waals surface area contributed by atoms with Crippen molar-refractivity contribution in [3.63, 3.8) is 0 Å². The first-order valence-corrected chi connectivity index (χ1v) is 5.90. The first-order chi connectivity index (χ1) is 9.43. The number of aromatic nitrogens is 3. The molecule has 2 aromatic heterocycles. The zero-order valence-electron chi connectivity index (χ0n) is 11.0. The minimum atomic E-state index is -1.36. The van der Waals surface area contributed by atoms with Crippen molar-refractivity contribution in [3.8, 4) is 0 Å². The Kier molecular flexibility index (Phi) is 3.66. The van der Waals surface area contributed by atoms with E-state index in [1.165, 1.54) is 10.7 Å². The topological polar surface area (TPSA) is 117 Å². The summed E-state index contributed by atoms with van der Waals surface area (Å²) in [6.07, 6.45) is 1.32. The molecular weight excluding hydrogens is 264 g/mol. The van der Waals surface area contributed by atoms with Gasteiger partial charge in [0.05, 0.1) is 12.8 Å². The van der Waals surface area contributed by atoms with Crippen molar-refractivity contribution in [2.45, 2.75) is 19.9 Å². The molecule has 0 saturated carbocycles. The molecule has 0 bridgehead atoms. The number of carbonyl (C=O) groups excluding carboxylic acids is 1. The van der Waals surface area contributed by atoms with Gasteiger partial charge in [0, 0.05) is 11.4 Å². The van der Waals surface area contributed by atoms with E-state index in [1.54, 1.807) is 6.92 Å². The zero-order valence-corrected chi connectivity index (χ0v) is 11.0. The van der Waals surface area contributed by atoms with Crippen LogP contribution in [0.4, 0.5) is 0 Å². The fourth-order valence-electron chi connectivity index (χ4n) is 1.85. The predicted molar refractivity (Wildman–Crippen MR) is 68.4 cm³/mol. The third kappa shape index (κ3) is 2.45. The number of rotatable bonds is 4. The lowest BCUT2D eigenvalue weighted by atomic mass is 10.2. The highest BCUT2D eigenvalue weighted by molar-refractivity contribution is 6.01. The highest BCUT2D eigenvalue weighted by atomic mass is 16.4. The Labute approximate surface area is 114 Å². The maximum absolute atomic E-state index is 12.0. The van der Waals surface area contributed by atoms with Crippen LogP contribution < -0.4 is 5.32 Å². The summed E-state index contributed by atoms with van der Waals surface area (Å²) in [6.45, 7) is 2.92. The van der Waals surface area contributed by atoms with E-state index in [1.807, 2.05) is 13.0 Å². The van der Waals surface area contributed by atoms with Crippen LogP contribution in [0.5, 0.6) is 0 Å². The predicted octanol–water partition coefficient (Wildman–Crippen LogP) is -0.479. The Bertz CT molecular complexity index is 679. The van der Waals surface area contributed by atoms with E-state index in [2.05, 4.69) is 15.4 Å². The maximum atomic E-state index is 12.0. The van der Waals surface area contributed by atoms with Gasteiger partial charge >= 0.3 is 5.97 Å². The van der Waals surface area contributed by atoms with Crippen molar-refractivity contribution < 1.29 is 19.8 Å². The molecule has 0 aliphatic rings. The number of nitrogens with zero attached hydrogens (tertiary/aromatic N) is 3. The van der Waals surface area contributed by atoms with Crippen LogP contribution in [0.3, 0.4) is 0 Å². The minimum absolute atomic E-state index is 0.163. The molecule has 1 amide bonds. The third-order valence-corrected chi connectivity index (χ3v) is 2.81. The monoisotopic (exact) mass is 278 g/mol. The number of carboxylic acid groups (broad SMARTS) is 1. The standard InChI is InChI=1S/C12H14N4O4/c1-6-3-7(2)16-10(14-6)8(4-13-16)11(18)15-9(5-17)12(19)20/h3-4,9,17H,5H2,1-2H3,(H,15,18)(H,19,20)/t9-/m1/s1. The van der Waals surface area contributed by atoms with Crippen LogP contribution in [0.2, 0.25) is 0 Å². The quantitative estimate of drug-likeness (QED) is 0.695. The Morgan fingerprint density at radius 1 is 1.45 bits per heavy atom. The molecule has 0 aliphatic heterocycles. The van der Waals surface area contributed by atoms with Gasteiger partial charge in [0.15, 0.2) is 11.7 Å². The van der Waals surface area contributed by atoms with Gasteiger partial charge in [-0.05, 0) is 19.9 Å². The number of carboxylic acids is 1. The number of hydrogen-bond donors (Lipinski definition) is 3. The highest BCUT2D eigenvalue weighted by Crippen LogP contribution is 2.11. The number of nitrogens with one attached hydrogen (secondary N) is 1. The number of aliphatic carboxylic acids is 1. The first-order valence-electron chi connectivity index (χ1n) is 5.90. The Morgan fingerprint density at radius 2 is 2.15 bits per heavy atom. The molecule has 8 heteroatoms. The number of aliphatic hydroxyl groups is 1. The van der Waals surface area contributed by atoms with E-state index in [0.717, 1.165) is 11.4 Å². The second kappa shape index (κ2) is 5.25. The van der Waals surface area contributed by atoms with Gasteiger partial charge in [0.2, 0.25) is 0 Å². The molecule has 2 aromatic rings. The lowest BCUT2D eigenvalue weighted by molar-refractivity contribution is -0.140. The van der Waals surface area contributed by atoms with Crippen molar-refractivity contribution in [3.05, 3.63) is 29.2 Å². The van der Waals surface area contributed by atoms with Gasteiger partial charge in [0.25, 0.3) is 5.91 Å². The number of aliphatic hydroxyl groups excluding tert-OH is 1. The molecule has 3 N–H and O–H groups in total. The van der Waals surface area contributed by atoms with E-state index in [4.69, 9.17) is 10.2 Å². The molecule has 1 atom stereocenters. The lowest BCUT2D eigenvalue weighted by Crippen LogP contribution is -2.43. The number of hydrogen-bond acceptors (Lipinski definition) is 5. The number of fused-ring (bicyclic) bond motifs is 1. The molecule has 0 aliphatic carbocycles. The second-order valence-electron chi connectivity index (χ2n) is 4.38. The van der Waals surface area contributed by atoms with E-state index in [0.29, 0.717) is 5.65 Å². The minimum Gasteiger partial charge on any atom is -0.480 e. The largest absolute Gasteiger partial charge is 0.480 e. The van der Waals surface area contributed by atoms with Crippen LogP contribution >= 0.6 is 0 Å². The van der Waals surface area contributed by atoms with Crippen molar-refractivity contribution in [2.75, 3.05) is 6.61 Å². The van der Waals surface area contributed by atoms with Crippen LogP contribution in [0.15, 0.2) is 12.3 Å². The molecule has 0 spiro atoms. The molecule has 2 heterocycles. The second-order valence-corrected chi connectivity index (χ2v) is 4.38. The highest BCUT2D eigenvalue weighted by Gasteiger charge is 2.22. The summed E-state index contributed by atoms with van der Waals surface area (Å²) < 4.78 is 1.50. The first kappa shape index (κ1) is 13.9. The van der Waals surface area contributed by atoms with Gasteiger partial charge < -0.3 is 15.5 Å². The van der Waals surface area contributed by atoms with Crippen molar-refractivity contribution in [1.29, 1.82) is 0 Å². The molecule has 106 valence electrons. The Balaban J connectivity index is 2.38. The molecule has 0 radical (unpaired) electrons. The average Bonchev–Trinajstić information content (AvgIpc) is 2.79. The van der Waals surface area contributed by atoms with E-state index >= 15 is 0 Å². The smallest absolute Gasteiger partial charge is 0.328 e. The fraction of sp³-hybridized carbons (Fsp3) is 0.333. The molecule has 8 nitrogen and oxygen atoms in total. The van der Waals surface area contributed by atoms with E-state index in [-0.39, 0.29) is 5.56 Å². The van der Waals surface area contributed by atoms with Crippen LogP contribution in [-0.2, 0) is 4.79 Å². The van der Waals surface area contributed by atoms with Crippen LogP contribution in [0, 0.1) is 13.8 Å². The molecule has 20 heavy (non-hydrogen) atoms. The number of amides is 1. The Hall–Kier alpha value is -2.48. The SMILES string of the molecule is Cc1cc(C)n2ncc(C(=O)N[C@H](CO)C(=O)O)c2n1. The van der Waals surface area contributed by atoms with Crippen LogP contribution in [-0.4, -0.2) is 49.3 Å². The van der Waals surface area contributed by atoms with Crippen molar-refractivity contribution >= 4 is 17.5 Å². The van der Waals surface area contributed by atoms with Gasteiger partial charge in [-0.25, -0.2) is 14.3 Å². The molecule has 0 fully saturated rings. The summed E-state index contributed by atoms with van der Waals surface area (Å²) in [5.74, 6) is -1.95. The Morgan fingerprint density at radius 3 is 2.75 bits per heavy atom. The van der Waals surface area contributed by atoms with E-state index in [9.17, 15) is 9.59 Å².